The minimum absolute atomic E-state index is 0.0537. The first-order valence-corrected chi connectivity index (χ1v) is 7.69. The number of carbonyl (C=O) groups excluding carboxylic acids is 1. The summed E-state index contributed by atoms with van der Waals surface area (Å²) in [7, 11) is 0. The number of aromatic nitrogens is 2. The molecule has 0 spiro atoms. The molecule has 1 fully saturated rings. The van der Waals surface area contributed by atoms with Crippen molar-refractivity contribution in [3.8, 4) is 11.5 Å². The highest BCUT2D eigenvalue weighted by atomic mass is 19.1. The first-order valence-electron chi connectivity index (χ1n) is 7.69. The first-order chi connectivity index (χ1) is 11.2. The summed E-state index contributed by atoms with van der Waals surface area (Å²) in [4.78, 5) is 14.0. The Kier molecular flexibility index (Phi) is 4.50. The highest BCUT2D eigenvalue weighted by molar-refractivity contribution is 5.77. The molecule has 6 heteroatoms. The molecule has 0 aliphatic carbocycles. The van der Waals surface area contributed by atoms with Crippen LogP contribution in [0.5, 0.6) is 0 Å². The zero-order valence-electron chi connectivity index (χ0n) is 12.7. The van der Waals surface area contributed by atoms with Crippen LogP contribution in [-0.4, -0.2) is 27.5 Å². The summed E-state index contributed by atoms with van der Waals surface area (Å²) in [5.74, 6) is 0.155. The van der Waals surface area contributed by atoms with Crippen LogP contribution in [-0.2, 0) is 4.79 Å². The van der Waals surface area contributed by atoms with Gasteiger partial charge in [0.15, 0.2) is 0 Å². The highest BCUT2D eigenvalue weighted by Crippen LogP contribution is 2.33. The topological polar surface area (TPSA) is 59.2 Å². The maximum Gasteiger partial charge on any atom is 0.250 e. The van der Waals surface area contributed by atoms with Gasteiger partial charge in [-0.3, -0.25) is 4.79 Å². The Bertz CT molecular complexity index is 713. The van der Waals surface area contributed by atoms with E-state index in [0.717, 1.165) is 12.8 Å². The molecule has 1 aliphatic rings. The van der Waals surface area contributed by atoms with Gasteiger partial charge in [0.1, 0.15) is 11.9 Å². The lowest BCUT2D eigenvalue weighted by Gasteiger charge is -2.21. The van der Waals surface area contributed by atoms with Crippen LogP contribution in [0.2, 0.25) is 0 Å². The number of hydrogen-bond donors (Lipinski definition) is 0. The molecule has 2 aromatic rings. The van der Waals surface area contributed by atoms with Crippen molar-refractivity contribution in [1.29, 1.82) is 0 Å². The van der Waals surface area contributed by atoms with Gasteiger partial charge in [0.2, 0.25) is 11.8 Å². The second-order valence-corrected chi connectivity index (χ2v) is 5.50. The molecule has 1 aromatic carbocycles. The maximum atomic E-state index is 13.8. The van der Waals surface area contributed by atoms with Gasteiger partial charge < -0.3 is 9.32 Å². The summed E-state index contributed by atoms with van der Waals surface area (Å²) in [6.07, 6.45) is 4.47. The molecule has 0 radical (unpaired) electrons. The smallest absolute Gasteiger partial charge is 0.250 e. The van der Waals surface area contributed by atoms with Crippen molar-refractivity contribution in [2.24, 2.45) is 0 Å². The quantitative estimate of drug-likeness (QED) is 0.792. The van der Waals surface area contributed by atoms with Crippen molar-refractivity contribution in [2.45, 2.75) is 31.7 Å². The lowest BCUT2D eigenvalue weighted by Crippen LogP contribution is -2.30. The number of allylic oxidation sites excluding steroid dienone is 1. The number of carbonyl (C=O) groups is 1. The lowest BCUT2D eigenvalue weighted by atomic mass is 10.2. The summed E-state index contributed by atoms with van der Waals surface area (Å²) < 4.78 is 19.4. The predicted octanol–water partition coefficient (Wildman–Crippen LogP) is 3.51. The van der Waals surface area contributed by atoms with E-state index in [1.165, 1.54) is 6.07 Å². The Morgan fingerprint density at radius 3 is 3.04 bits per heavy atom. The van der Waals surface area contributed by atoms with Crippen molar-refractivity contribution < 1.29 is 13.6 Å². The van der Waals surface area contributed by atoms with Crippen molar-refractivity contribution >= 4 is 5.91 Å². The van der Waals surface area contributed by atoms with Crippen LogP contribution in [0.25, 0.3) is 11.5 Å². The summed E-state index contributed by atoms with van der Waals surface area (Å²) >= 11 is 0. The van der Waals surface area contributed by atoms with E-state index in [1.807, 2.05) is 0 Å². The average molecular weight is 315 g/mol. The molecule has 0 saturated carbocycles. The molecule has 0 bridgehead atoms. The molecule has 1 unspecified atom stereocenters. The minimum atomic E-state index is -0.409. The molecule has 2 heterocycles. The second-order valence-electron chi connectivity index (χ2n) is 5.50. The first kappa shape index (κ1) is 15.4. The van der Waals surface area contributed by atoms with Crippen LogP contribution in [0.1, 0.15) is 37.6 Å². The number of rotatable bonds is 5. The number of benzene rings is 1. The fraction of sp³-hybridized carbons (Fsp3) is 0.353. The van der Waals surface area contributed by atoms with E-state index in [0.29, 0.717) is 25.3 Å². The Hall–Kier alpha value is -2.50. The summed E-state index contributed by atoms with van der Waals surface area (Å²) in [5, 5.41) is 7.97. The van der Waals surface area contributed by atoms with Crippen LogP contribution < -0.4 is 0 Å². The zero-order valence-corrected chi connectivity index (χ0v) is 12.7. The van der Waals surface area contributed by atoms with Gasteiger partial charge in [0.25, 0.3) is 5.89 Å². The number of amides is 1. The Morgan fingerprint density at radius 2 is 2.26 bits per heavy atom. The number of halogens is 1. The maximum absolute atomic E-state index is 13.8. The second kappa shape index (κ2) is 6.73. The van der Waals surface area contributed by atoms with E-state index in [2.05, 4.69) is 16.8 Å². The fourth-order valence-electron chi connectivity index (χ4n) is 2.80. The van der Waals surface area contributed by atoms with Crippen LogP contribution in [0.15, 0.2) is 41.3 Å². The van der Waals surface area contributed by atoms with E-state index in [4.69, 9.17) is 4.42 Å². The molecule has 1 aliphatic heterocycles. The summed E-state index contributed by atoms with van der Waals surface area (Å²) in [5.41, 5.74) is 0.272. The zero-order chi connectivity index (χ0) is 16.2. The lowest BCUT2D eigenvalue weighted by molar-refractivity contribution is -0.132. The van der Waals surface area contributed by atoms with Gasteiger partial charge in [-0.25, -0.2) is 4.39 Å². The van der Waals surface area contributed by atoms with Crippen molar-refractivity contribution in [3.05, 3.63) is 48.6 Å². The third-order valence-corrected chi connectivity index (χ3v) is 3.97. The SMILES string of the molecule is C=CCCC(=O)N1CCCC1c1nnc(-c2ccccc2F)o1. The number of likely N-dealkylation sites (tertiary alicyclic amines) is 1. The normalized spacial score (nSPS) is 17.4. The van der Waals surface area contributed by atoms with E-state index >= 15 is 0 Å². The third-order valence-electron chi connectivity index (χ3n) is 3.97. The van der Waals surface area contributed by atoms with Crippen LogP contribution in [0.3, 0.4) is 0 Å². The molecule has 23 heavy (non-hydrogen) atoms. The van der Waals surface area contributed by atoms with Gasteiger partial charge in [-0.15, -0.1) is 16.8 Å². The van der Waals surface area contributed by atoms with E-state index < -0.39 is 5.82 Å². The number of nitrogens with zero attached hydrogens (tertiary/aromatic N) is 3. The monoisotopic (exact) mass is 315 g/mol. The molecule has 1 aromatic heterocycles. The minimum Gasteiger partial charge on any atom is -0.418 e. The van der Waals surface area contributed by atoms with Gasteiger partial charge in [0, 0.05) is 13.0 Å². The molecule has 120 valence electrons. The molecule has 1 saturated heterocycles. The third kappa shape index (κ3) is 3.16. The van der Waals surface area contributed by atoms with E-state index in [9.17, 15) is 9.18 Å². The van der Waals surface area contributed by atoms with E-state index in [-0.39, 0.29) is 23.4 Å². The Balaban J connectivity index is 1.81. The molecular weight excluding hydrogens is 297 g/mol. The Morgan fingerprint density at radius 1 is 1.43 bits per heavy atom. The molecular formula is C17H18FN3O2. The van der Waals surface area contributed by atoms with Gasteiger partial charge in [-0.2, -0.15) is 0 Å². The van der Waals surface area contributed by atoms with Crippen molar-refractivity contribution in [1.82, 2.24) is 15.1 Å². The van der Waals surface area contributed by atoms with Crippen LogP contribution >= 0.6 is 0 Å². The molecule has 0 N–H and O–H groups in total. The molecule has 5 nitrogen and oxygen atoms in total. The number of hydrogen-bond acceptors (Lipinski definition) is 4. The molecule has 1 atom stereocenters. The summed E-state index contributed by atoms with van der Waals surface area (Å²) in [6.45, 7) is 4.31. The van der Waals surface area contributed by atoms with Gasteiger partial charge >= 0.3 is 0 Å². The molecule has 1 amide bonds. The van der Waals surface area contributed by atoms with Gasteiger partial charge in [-0.05, 0) is 31.4 Å². The largest absolute Gasteiger partial charge is 0.418 e. The van der Waals surface area contributed by atoms with Crippen molar-refractivity contribution in [3.63, 3.8) is 0 Å². The fourth-order valence-corrected chi connectivity index (χ4v) is 2.80. The molecule has 3 rings (SSSR count). The van der Waals surface area contributed by atoms with E-state index in [1.54, 1.807) is 29.2 Å². The van der Waals surface area contributed by atoms with Crippen LogP contribution in [0, 0.1) is 5.82 Å². The standard InChI is InChI=1S/C17H18FN3O2/c1-2-3-10-15(22)21-11-6-9-14(21)17-20-19-16(23-17)12-7-4-5-8-13(12)18/h2,4-5,7-8,14H,1,3,6,9-11H2. The average Bonchev–Trinajstić information content (AvgIpc) is 3.21. The Labute approximate surface area is 133 Å². The van der Waals surface area contributed by atoms with Crippen molar-refractivity contribution in [2.75, 3.05) is 6.54 Å². The highest BCUT2D eigenvalue weighted by Gasteiger charge is 2.33. The van der Waals surface area contributed by atoms with Gasteiger partial charge in [0.05, 0.1) is 5.56 Å². The van der Waals surface area contributed by atoms with Crippen LogP contribution in [0.4, 0.5) is 4.39 Å². The van der Waals surface area contributed by atoms with Gasteiger partial charge in [-0.1, -0.05) is 18.2 Å². The summed E-state index contributed by atoms with van der Waals surface area (Å²) in [6, 6.07) is 6.03. The predicted molar refractivity (Wildman–Crippen MR) is 82.8 cm³/mol.